The molecule has 1 aliphatic heterocycles. The number of aliphatic hydroxyl groups is 1. The monoisotopic (exact) mass is 771 g/mol. The van der Waals surface area contributed by atoms with Crippen LogP contribution in [-0.2, 0) is 32.6 Å². The van der Waals surface area contributed by atoms with Gasteiger partial charge in [0.25, 0.3) is 18.3 Å². The van der Waals surface area contributed by atoms with Crippen LogP contribution in [0, 0.1) is 5.92 Å². The van der Waals surface area contributed by atoms with Gasteiger partial charge in [0, 0.05) is 24.7 Å². The maximum atomic E-state index is 13.8. The first-order valence-corrected chi connectivity index (χ1v) is 20.2. The molecule has 3 atom stereocenters. The van der Waals surface area contributed by atoms with Crippen LogP contribution in [0.15, 0.2) is 116 Å². The summed E-state index contributed by atoms with van der Waals surface area (Å²) in [4.78, 5) is 37.1. The van der Waals surface area contributed by atoms with Crippen LogP contribution in [0.4, 0.5) is 5.69 Å². The van der Waals surface area contributed by atoms with Gasteiger partial charge in [-0.05, 0) is 80.6 Å². The van der Waals surface area contributed by atoms with E-state index in [1.54, 1.807) is 6.08 Å². The first-order chi connectivity index (χ1) is 26.4. The molecule has 13 heteroatoms. The van der Waals surface area contributed by atoms with E-state index < -0.39 is 39.5 Å². The molecule has 0 saturated carbocycles. The maximum Gasteiger partial charge on any atom is 0.293 e. The molecule has 2 amide bonds. The smallest absolute Gasteiger partial charge is 0.293 e. The summed E-state index contributed by atoms with van der Waals surface area (Å²) in [5, 5.41) is 23.9. The summed E-state index contributed by atoms with van der Waals surface area (Å²) in [5.41, 5.74) is 1.49. The molecule has 55 heavy (non-hydrogen) atoms. The van der Waals surface area contributed by atoms with Gasteiger partial charge in [-0.1, -0.05) is 91.0 Å². The largest absolute Gasteiger partial charge is 0.463 e. The zero-order valence-electron chi connectivity index (χ0n) is 31.5. The highest BCUT2D eigenvalue weighted by atomic mass is 32.2. The molecule has 1 saturated heterocycles. The second-order valence-electron chi connectivity index (χ2n) is 13.8. The number of carbonyl (C=O) groups is 3. The summed E-state index contributed by atoms with van der Waals surface area (Å²) in [6, 6.07) is 22.8. The molecule has 0 spiro atoms. The molecule has 5 N–H and O–H groups in total. The summed E-state index contributed by atoms with van der Waals surface area (Å²) in [6.45, 7) is 7.73. The van der Waals surface area contributed by atoms with Gasteiger partial charge in [-0.3, -0.25) is 18.7 Å². The number of rotatable bonds is 17. The minimum Gasteiger partial charge on any atom is -0.463 e. The molecule has 3 aromatic rings. The summed E-state index contributed by atoms with van der Waals surface area (Å²) in [5.74, 6) is -0.499. The number of ether oxygens (including phenoxy) is 1. The number of allylic oxidation sites excluding steroid dienone is 2. The SMILES string of the molecule is C=CC1(NC(=O)c2cc(C(=O)NC(Cc3ccccc3)C(O)CNCC3CCNCC3)cc(N(C)S(C)(=O)=O)c2)C=CC=CC1.O=COCc1ccccc1. The number of piperidine rings is 1. The Balaban J connectivity index is 0.000000583. The highest BCUT2D eigenvalue weighted by molar-refractivity contribution is 7.92. The molecule has 5 rings (SSSR count). The van der Waals surface area contributed by atoms with Crippen LogP contribution in [0.1, 0.15) is 51.1 Å². The van der Waals surface area contributed by atoms with Gasteiger partial charge in [0.15, 0.2) is 0 Å². The number of carbonyl (C=O) groups excluding carboxylic acids is 3. The second-order valence-corrected chi connectivity index (χ2v) is 15.8. The van der Waals surface area contributed by atoms with Crippen molar-refractivity contribution in [2.24, 2.45) is 5.92 Å². The summed E-state index contributed by atoms with van der Waals surface area (Å²) in [7, 11) is -2.34. The molecule has 12 nitrogen and oxygen atoms in total. The number of benzene rings is 3. The van der Waals surface area contributed by atoms with Gasteiger partial charge >= 0.3 is 0 Å². The van der Waals surface area contributed by atoms with Crippen molar-refractivity contribution in [2.75, 3.05) is 43.8 Å². The predicted octanol–water partition coefficient (Wildman–Crippen LogP) is 3.90. The van der Waals surface area contributed by atoms with E-state index in [0.29, 0.717) is 31.8 Å². The number of nitrogens with zero attached hydrogens (tertiary/aromatic N) is 1. The van der Waals surface area contributed by atoms with E-state index in [2.05, 4.69) is 32.6 Å². The number of aliphatic hydroxyl groups excluding tert-OH is 1. The van der Waals surface area contributed by atoms with Gasteiger partial charge in [-0.2, -0.15) is 0 Å². The van der Waals surface area contributed by atoms with Gasteiger partial charge in [0.1, 0.15) is 6.61 Å². The molecular formula is C42H53N5O7S. The zero-order chi connectivity index (χ0) is 39.7. The number of hydrogen-bond acceptors (Lipinski definition) is 9. The van der Waals surface area contributed by atoms with Crippen molar-refractivity contribution in [1.82, 2.24) is 21.3 Å². The molecule has 0 radical (unpaired) electrons. The lowest BCUT2D eigenvalue weighted by molar-refractivity contribution is -0.129. The number of hydrogen-bond donors (Lipinski definition) is 5. The van der Waals surface area contributed by atoms with Crippen molar-refractivity contribution in [1.29, 1.82) is 0 Å². The molecule has 3 unspecified atom stereocenters. The Bertz CT molecular complexity index is 1880. The molecule has 0 bridgehead atoms. The van der Waals surface area contributed by atoms with Gasteiger partial charge in [-0.15, -0.1) is 6.58 Å². The summed E-state index contributed by atoms with van der Waals surface area (Å²) in [6.07, 6.45) is 12.2. The highest BCUT2D eigenvalue weighted by Crippen LogP contribution is 2.24. The predicted molar refractivity (Wildman–Crippen MR) is 216 cm³/mol. The quantitative estimate of drug-likeness (QED) is 0.101. The molecule has 2 aliphatic rings. The van der Waals surface area contributed by atoms with Crippen LogP contribution in [0.3, 0.4) is 0 Å². The van der Waals surface area contributed by atoms with E-state index in [4.69, 9.17) is 0 Å². The second kappa shape index (κ2) is 21.1. The molecular weight excluding hydrogens is 719 g/mol. The number of anilines is 1. The molecule has 1 aliphatic carbocycles. The topological polar surface area (TPSA) is 166 Å². The van der Waals surface area contributed by atoms with Gasteiger partial charge in [0.2, 0.25) is 10.0 Å². The van der Waals surface area contributed by atoms with Crippen molar-refractivity contribution in [3.05, 3.63) is 138 Å². The fourth-order valence-electron chi connectivity index (χ4n) is 6.23. The third-order valence-electron chi connectivity index (χ3n) is 9.60. The van der Waals surface area contributed by atoms with Crippen molar-refractivity contribution < 1.29 is 32.6 Å². The standard InChI is InChI=1S/C34H45N5O5S.C8H8O2/c1-4-34(15-9-6-10-16-34)38-33(42)28-20-27(21-29(22-28)39(2)45(3,43)44)32(41)37-30(19-25-11-7-5-8-12-25)31(40)24-36-23-26-13-17-35-18-14-26;9-7-10-6-8-4-2-1-3-5-8/h4-12,15,20-22,26,30-31,35-36,40H,1,13-14,16-19,23-24H2,2-3H3,(H,37,41)(H,38,42);1-5,7H,6H2. The Morgan fingerprint density at radius 2 is 1.64 bits per heavy atom. The molecule has 294 valence electrons. The van der Waals surface area contributed by atoms with Crippen LogP contribution < -0.4 is 25.6 Å². The fourth-order valence-corrected chi connectivity index (χ4v) is 6.72. The highest BCUT2D eigenvalue weighted by Gasteiger charge is 2.28. The van der Waals surface area contributed by atoms with Crippen molar-refractivity contribution in [3.8, 4) is 0 Å². The van der Waals surface area contributed by atoms with Gasteiger partial charge < -0.3 is 31.1 Å². The first-order valence-electron chi connectivity index (χ1n) is 18.4. The normalized spacial score (nSPS) is 17.8. The first kappa shape index (κ1) is 42.7. The third-order valence-corrected chi connectivity index (χ3v) is 10.8. The van der Waals surface area contributed by atoms with E-state index in [1.165, 1.54) is 25.2 Å². The lowest BCUT2D eigenvalue weighted by Gasteiger charge is -2.29. The Labute approximate surface area is 324 Å². The average molecular weight is 772 g/mol. The average Bonchev–Trinajstić information content (AvgIpc) is 3.20. The number of amides is 2. The zero-order valence-corrected chi connectivity index (χ0v) is 32.3. The Kier molecular flexibility index (Phi) is 16.4. The van der Waals surface area contributed by atoms with Gasteiger partial charge in [0.05, 0.1) is 29.6 Å². The lowest BCUT2D eigenvalue weighted by atomic mass is 9.91. The molecule has 3 aromatic carbocycles. The van der Waals surface area contributed by atoms with Crippen molar-refractivity contribution in [3.63, 3.8) is 0 Å². The summed E-state index contributed by atoms with van der Waals surface area (Å²) >= 11 is 0. The minimum absolute atomic E-state index is 0.0906. The van der Waals surface area contributed by atoms with Crippen LogP contribution in [-0.4, -0.2) is 89.0 Å². The van der Waals surface area contributed by atoms with Gasteiger partial charge in [-0.25, -0.2) is 8.42 Å². The van der Waals surface area contributed by atoms with E-state index >= 15 is 0 Å². The number of sulfonamides is 1. The molecule has 1 fully saturated rings. The lowest BCUT2D eigenvalue weighted by Crippen LogP contribution is -2.49. The van der Waals surface area contributed by atoms with E-state index in [9.17, 15) is 27.9 Å². The summed E-state index contributed by atoms with van der Waals surface area (Å²) < 4.78 is 30.4. The maximum absolute atomic E-state index is 13.8. The van der Waals surface area contributed by atoms with Crippen LogP contribution in [0.5, 0.6) is 0 Å². The van der Waals surface area contributed by atoms with E-state index in [1.807, 2.05) is 85.0 Å². The van der Waals surface area contributed by atoms with Crippen LogP contribution in [0.25, 0.3) is 0 Å². The molecule has 0 aromatic heterocycles. The Hall–Kier alpha value is -5.08. The minimum atomic E-state index is -3.70. The van der Waals surface area contributed by atoms with Crippen molar-refractivity contribution >= 4 is 34.0 Å². The van der Waals surface area contributed by atoms with Crippen molar-refractivity contribution in [2.45, 2.75) is 50.0 Å². The Morgan fingerprint density at radius 3 is 2.22 bits per heavy atom. The third kappa shape index (κ3) is 13.6. The van der Waals surface area contributed by atoms with Crippen LogP contribution >= 0.6 is 0 Å². The van der Waals surface area contributed by atoms with E-state index in [-0.39, 0.29) is 23.4 Å². The Morgan fingerprint density at radius 1 is 1.00 bits per heavy atom. The van der Waals surface area contributed by atoms with Crippen LogP contribution in [0.2, 0.25) is 0 Å². The fraction of sp³-hybridized carbons (Fsp3) is 0.357. The van der Waals surface area contributed by atoms with E-state index in [0.717, 1.165) is 54.2 Å². The molecule has 1 heterocycles. The number of nitrogens with one attached hydrogen (secondary N) is 4.